The summed E-state index contributed by atoms with van der Waals surface area (Å²) in [5.74, 6) is 1.02. The van der Waals surface area contributed by atoms with E-state index in [0.717, 1.165) is 58.2 Å². The predicted octanol–water partition coefficient (Wildman–Crippen LogP) is 1.18. The van der Waals surface area contributed by atoms with Gasteiger partial charge in [0.15, 0.2) is 5.96 Å². The summed E-state index contributed by atoms with van der Waals surface area (Å²) in [6, 6.07) is 6.69. The SMILES string of the molecule is CN=C(NCCc1cc(C)cc(C)c1)NCCN1CCN(C(C)=O)CC1. The minimum Gasteiger partial charge on any atom is -0.356 e. The maximum Gasteiger partial charge on any atom is 0.219 e. The van der Waals surface area contributed by atoms with E-state index in [0.29, 0.717) is 0 Å². The van der Waals surface area contributed by atoms with Crippen LogP contribution in [0.3, 0.4) is 0 Å². The van der Waals surface area contributed by atoms with Gasteiger partial charge in [0, 0.05) is 59.8 Å². The summed E-state index contributed by atoms with van der Waals surface area (Å²) in [6.07, 6.45) is 0.982. The van der Waals surface area contributed by atoms with E-state index in [1.54, 1.807) is 14.0 Å². The monoisotopic (exact) mass is 359 g/mol. The van der Waals surface area contributed by atoms with Crippen LogP contribution in [-0.2, 0) is 11.2 Å². The molecule has 6 nitrogen and oxygen atoms in total. The largest absolute Gasteiger partial charge is 0.356 e. The second-order valence-corrected chi connectivity index (χ2v) is 7.02. The lowest BCUT2D eigenvalue weighted by molar-refractivity contribution is -0.130. The second kappa shape index (κ2) is 10.2. The molecule has 2 rings (SSSR count). The Hall–Kier alpha value is -2.08. The van der Waals surface area contributed by atoms with Crippen molar-refractivity contribution in [2.45, 2.75) is 27.2 Å². The third kappa shape index (κ3) is 6.67. The highest BCUT2D eigenvalue weighted by Gasteiger charge is 2.17. The minimum atomic E-state index is 0.177. The number of hydrogen-bond acceptors (Lipinski definition) is 3. The van der Waals surface area contributed by atoms with E-state index >= 15 is 0 Å². The van der Waals surface area contributed by atoms with Crippen molar-refractivity contribution in [1.29, 1.82) is 0 Å². The van der Waals surface area contributed by atoms with E-state index in [4.69, 9.17) is 0 Å². The Balaban J connectivity index is 1.64. The van der Waals surface area contributed by atoms with E-state index in [-0.39, 0.29) is 5.91 Å². The molecule has 0 spiro atoms. The summed E-state index contributed by atoms with van der Waals surface area (Å²) in [5, 5.41) is 6.76. The Labute approximate surface area is 157 Å². The number of amides is 1. The van der Waals surface area contributed by atoms with E-state index in [9.17, 15) is 4.79 Å². The molecule has 0 unspecified atom stereocenters. The first kappa shape index (κ1) is 20.2. The standard InChI is InChI=1S/C20H33N5O/c1-16-13-17(2)15-19(14-16)5-6-22-20(21-4)23-7-8-24-9-11-25(12-10-24)18(3)26/h13-15H,5-12H2,1-4H3,(H2,21,22,23). The smallest absolute Gasteiger partial charge is 0.219 e. The molecule has 1 heterocycles. The number of aliphatic imine (C=N–C) groups is 1. The average molecular weight is 360 g/mol. The lowest BCUT2D eigenvalue weighted by Gasteiger charge is -2.34. The number of nitrogens with zero attached hydrogens (tertiary/aromatic N) is 3. The first-order valence-electron chi connectivity index (χ1n) is 9.47. The highest BCUT2D eigenvalue weighted by Crippen LogP contribution is 2.09. The topological polar surface area (TPSA) is 60.0 Å². The number of rotatable bonds is 6. The van der Waals surface area contributed by atoms with Crippen molar-refractivity contribution in [1.82, 2.24) is 20.4 Å². The molecule has 1 amide bonds. The van der Waals surface area contributed by atoms with Gasteiger partial charge in [0.05, 0.1) is 0 Å². The van der Waals surface area contributed by atoms with Gasteiger partial charge in [-0.05, 0) is 25.8 Å². The molecule has 1 aliphatic rings. The lowest BCUT2D eigenvalue weighted by Crippen LogP contribution is -2.50. The number of hydrogen-bond donors (Lipinski definition) is 2. The van der Waals surface area contributed by atoms with Crippen molar-refractivity contribution in [3.05, 3.63) is 34.9 Å². The van der Waals surface area contributed by atoms with Crippen LogP contribution in [0.1, 0.15) is 23.6 Å². The molecule has 0 aliphatic carbocycles. The Morgan fingerprint density at radius 1 is 1.04 bits per heavy atom. The summed E-state index contributed by atoms with van der Waals surface area (Å²) in [5.41, 5.74) is 3.98. The molecule has 0 saturated carbocycles. The van der Waals surface area contributed by atoms with Crippen molar-refractivity contribution < 1.29 is 4.79 Å². The van der Waals surface area contributed by atoms with Gasteiger partial charge in [0.1, 0.15) is 0 Å². The van der Waals surface area contributed by atoms with Crippen molar-refractivity contribution in [2.24, 2.45) is 4.99 Å². The zero-order chi connectivity index (χ0) is 18.9. The van der Waals surface area contributed by atoms with Crippen LogP contribution in [0.4, 0.5) is 0 Å². The van der Waals surface area contributed by atoms with Crippen LogP contribution in [-0.4, -0.2) is 74.5 Å². The van der Waals surface area contributed by atoms with Gasteiger partial charge >= 0.3 is 0 Å². The first-order chi connectivity index (χ1) is 12.5. The highest BCUT2D eigenvalue weighted by atomic mass is 16.2. The van der Waals surface area contributed by atoms with Gasteiger partial charge in [-0.25, -0.2) is 0 Å². The molecule has 1 aliphatic heterocycles. The molecule has 144 valence electrons. The Morgan fingerprint density at radius 3 is 2.23 bits per heavy atom. The minimum absolute atomic E-state index is 0.177. The zero-order valence-corrected chi connectivity index (χ0v) is 16.6. The number of guanidine groups is 1. The van der Waals surface area contributed by atoms with Gasteiger partial charge in [-0.1, -0.05) is 29.3 Å². The second-order valence-electron chi connectivity index (χ2n) is 7.02. The lowest BCUT2D eigenvalue weighted by atomic mass is 10.1. The molecule has 1 aromatic rings. The molecular weight excluding hydrogens is 326 g/mol. The zero-order valence-electron chi connectivity index (χ0n) is 16.6. The van der Waals surface area contributed by atoms with Crippen LogP contribution < -0.4 is 10.6 Å². The Morgan fingerprint density at radius 2 is 1.65 bits per heavy atom. The van der Waals surface area contributed by atoms with Crippen LogP contribution in [0, 0.1) is 13.8 Å². The van der Waals surface area contributed by atoms with Gasteiger partial charge < -0.3 is 15.5 Å². The molecule has 0 bridgehead atoms. The highest BCUT2D eigenvalue weighted by molar-refractivity contribution is 5.79. The van der Waals surface area contributed by atoms with Crippen molar-refractivity contribution in [3.63, 3.8) is 0 Å². The molecule has 26 heavy (non-hydrogen) atoms. The molecule has 1 saturated heterocycles. The fourth-order valence-corrected chi connectivity index (χ4v) is 3.38. The Bertz CT molecular complexity index is 600. The number of piperazine rings is 1. The van der Waals surface area contributed by atoms with Crippen LogP contribution in [0.15, 0.2) is 23.2 Å². The van der Waals surface area contributed by atoms with Crippen molar-refractivity contribution >= 4 is 11.9 Å². The van der Waals surface area contributed by atoms with Crippen LogP contribution in [0.5, 0.6) is 0 Å². The molecule has 0 radical (unpaired) electrons. The van der Waals surface area contributed by atoms with Gasteiger partial charge in [0.25, 0.3) is 0 Å². The third-order valence-electron chi connectivity index (χ3n) is 4.75. The fraction of sp³-hybridized carbons (Fsp3) is 0.600. The van der Waals surface area contributed by atoms with Crippen molar-refractivity contribution in [3.8, 4) is 0 Å². The fourth-order valence-electron chi connectivity index (χ4n) is 3.38. The Kier molecular flexibility index (Phi) is 7.91. The average Bonchev–Trinajstić information content (AvgIpc) is 2.60. The molecule has 2 N–H and O–H groups in total. The maximum absolute atomic E-state index is 11.4. The van der Waals surface area contributed by atoms with Crippen molar-refractivity contribution in [2.75, 3.05) is 52.9 Å². The summed E-state index contributed by atoms with van der Waals surface area (Å²) < 4.78 is 0. The first-order valence-corrected chi connectivity index (χ1v) is 9.47. The normalized spacial score (nSPS) is 15.8. The molecular formula is C20H33N5O. The van der Waals surface area contributed by atoms with Gasteiger partial charge in [0.2, 0.25) is 5.91 Å². The molecule has 1 fully saturated rings. The van der Waals surface area contributed by atoms with Crippen LogP contribution >= 0.6 is 0 Å². The molecule has 0 aromatic heterocycles. The number of nitrogens with one attached hydrogen (secondary N) is 2. The number of benzene rings is 1. The van der Waals surface area contributed by atoms with E-state index in [2.05, 4.69) is 52.6 Å². The number of carbonyl (C=O) groups is 1. The van der Waals surface area contributed by atoms with E-state index < -0.39 is 0 Å². The number of carbonyl (C=O) groups excluding carboxylic acids is 1. The quantitative estimate of drug-likeness (QED) is 0.591. The van der Waals surface area contributed by atoms with Gasteiger partial charge in [-0.15, -0.1) is 0 Å². The van der Waals surface area contributed by atoms with Gasteiger partial charge in [-0.2, -0.15) is 0 Å². The third-order valence-corrected chi connectivity index (χ3v) is 4.75. The maximum atomic E-state index is 11.4. The molecule has 6 heteroatoms. The predicted molar refractivity (Wildman–Crippen MR) is 108 cm³/mol. The summed E-state index contributed by atoms with van der Waals surface area (Å²) in [7, 11) is 1.80. The van der Waals surface area contributed by atoms with Crippen LogP contribution in [0.25, 0.3) is 0 Å². The molecule has 1 aromatic carbocycles. The van der Waals surface area contributed by atoms with Gasteiger partial charge in [-0.3, -0.25) is 14.7 Å². The van der Waals surface area contributed by atoms with Crippen LogP contribution in [0.2, 0.25) is 0 Å². The summed E-state index contributed by atoms with van der Waals surface area (Å²) >= 11 is 0. The summed E-state index contributed by atoms with van der Waals surface area (Å²) in [6.45, 7) is 12.1. The number of aryl methyl sites for hydroxylation is 2. The molecule has 0 atom stereocenters. The van der Waals surface area contributed by atoms with E-state index in [1.165, 1.54) is 16.7 Å². The van der Waals surface area contributed by atoms with E-state index in [1.807, 2.05) is 4.90 Å². The summed E-state index contributed by atoms with van der Waals surface area (Å²) in [4.78, 5) is 20.0.